The van der Waals surface area contributed by atoms with Crippen molar-refractivity contribution >= 4 is 5.91 Å². The van der Waals surface area contributed by atoms with E-state index in [1.807, 2.05) is 0 Å². The molecular formula is C14H17NO5. The molecule has 3 rings (SSSR count). The largest absolute Gasteiger partial charge is 0.486 e. The number of morpholine rings is 1. The van der Waals surface area contributed by atoms with Gasteiger partial charge < -0.3 is 24.2 Å². The van der Waals surface area contributed by atoms with Crippen molar-refractivity contribution in [2.75, 3.05) is 39.5 Å². The molecule has 6 heteroatoms. The predicted molar refractivity (Wildman–Crippen MR) is 69.8 cm³/mol. The monoisotopic (exact) mass is 279 g/mol. The maximum atomic E-state index is 12.2. The van der Waals surface area contributed by atoms with Crippen molar-refractivity contribution in [1.29, 1.82) is 0 Å². The van der Waals surface area contributed by atoms with E-state index in [0.29, 0.717) is 56.6 Å². The topological polar surface area (TPSA) is 68.2 Å². The van der Waals surface area contributed by atoms with Crippen molar-refractivity contribution < 1.29 is 24.1 Å². The molecule has 0 aromatic heterocycles. The van der Waals surface area contributed by atoms with Crippen LogP contribution in [-0.2, 0) is 9.53 Å². The van der Waals surface area contributed by atoms with Gasteiger partial charge in [0.1, 0.15) is 13.2 Å². The smallest absolute Gasteiger partial charge is 0.256 e. The fourth-order valence-electron chi connectivity index (χ4n) is 2.33. The Morgan fingerprint density at radius 2 is 1.80 bits per heavy atom. The Kier molecular flexibility index (Phi) is 3.75. The highest BCUT2D eigenvalue weighted by Gasteiger charge is 2.26. The van der Waals surface area contributed by atoms with E-state index in [1.165, 1.54) is 0 Å². The Labute approximate surface area is 116 Å². The number of nitrogens with zero attached hydrogens (tertiary/aromatic N) is 1. The molecule has 1 aromatic carbocycles. The highest BCUT2D eigenvalue weighted by atomic mass is 16.6. The second kappa shape index (κ2) is 5.68. The van der Waals surface area contributed by atoms with E-state index in [0.717, 1.165) is 0 Å². The third kappa shape index (κ3) is 2.57. The molecule has 1 amide bonds. The average molecular weight is 279 g/mol. The SMILES string of the molecule is O=C(C(O)c1ccc2c(c1)OCCO2)N1CCOCC1. The molecule has 1 atom stereocenters. The molecule has 0 radical (unpaired) electrons. The number of amides is 1. The first-order valence-electron chi connectivity index (χ1n) is 6.70. The van der Waals surface area contributed by atoms with Gasteiger partial charge in [-0.2, -0.15) is 0 Å². The van der Waals surface area contributed by atoms with E-state index >= 15 is 0 Å². The van der Waals surface area contributed by atoms with E-state index in [4.69, 9.17) is 14.2 Å². The van der Waals surface area contributed by atoms with Crippen molar-refractivity contribution in [2.45, 2.75) is 6.10 Å². The zero-order valence-electron chi connectivity index (χ0n) is 11.1. The maximum Gasteiger partial charge on any atom is 0.256 e. The van der Waals surface area contributed by atoms with Gasteiger partial charge in [-0.3, -0.25) is 4.79 Å². The molecule has 0 bridgehead atoms. The molecule has 2 aliphatic rings. The van der Waals surface area contributed by atoms with Gasteiger partial charge in [-0.25, -0.2) is 0 Å². The predicted octanol–water partition coefficient (Wildman–Crippen LogP) is 0.350. The average Bonchev–Trinajstić information content (AvgIpc) is 2.54. The zero-order chi connectivity index (χ0) is 13.9. The number of hydrogen-bond acceptors (Lipinski definition) is 5. The number of benzene rings is 1. The number of ether oxygens (including phenoxy) is 3. The summed E-state index contributed by atoms with van der Waals surface area (Å²) in [5.74, 6) is 0.915. The quantitative estimate of drug-likeness (QED) is 0.846. The van der Waals surface area contributed by atoms with Crippen molar-refractivity contribution in [3.05, 3.63) is 23.8 Å². The van der Waals surface area contributed by atoms with Crippen LogP contribution in [0.25, 0.3) is 0 Å². The van der Waals surface area contributed by atoms with Gasteiger partial charge >= 0.3 is 0 Å². The summed E-state index contributed by atoms with van der Waals surface area (Å²) in [6.07, 6.45) is -1.18. The first kappa shape index (κ1) is 13.2. The number of aliphatic hydroxyl groups excluding tert-OH is 1. The Morgan fingerprint density at radius 1 is 1.10 bits per heavy atom. The van der Waals surface area contributed by atoms with Crippen LogP contribution in [0.3, 0.4) is 0 Å². The van der Waals surface area contributed by atoms with Crippen LogP contribution in [0.2, 0.25) is 0 Å². The van der Waals surface area contributed by atoms with Crippen LogP contribution in [0.15, 0.2) is 18.2 Å². The normalized spacial score (nSPS) is 19.6. The minimum absolute atomic E-state index is 0.301. The maximum absolute atomic E-state index is 12.2. The number of hydrogen-bond donors (Lipinski definition) is 1. The number of rotatable bonds is 2. The van der Waals surface area contributed by atoms with Gasteiger partial charge in [-0.1, -0.05) is 6.07 Å². The molecule has 1 aromatic rings. The summed E-state index contributed by atoms with van der Waals surface area (Å²) in [7, 11) is 0. The Hall–Kier alpha value is -1.79. The summed E-state index contributed by atoms with van der Waals surface area (Å²) in [5, 5.41) is 10.2. The standard InChI is InChI=1S/C14H17NO5/c16-13(14(17)15-3-5-18-6-4-15)10-1-2-11-12(9-10)20-8-7-19-11/h1-2,9,13,16H,3-8H2. The van der Waals surface area contributed by atoms with Crippen LogP contribution in [0, 0.1) is 0 Å². The summed E-state index contributed by atoms with van der Waals surface area (Å²) >= 11 is 0. The minimum Gasteiger partial charge on any atom is -0.486 e. The molecular weight excluding hydrogens is 262 g/mol. The van der Waals surface area contributed by atoms with Crippen LogP contribution < -0.4 is 9.47 Å². The highest BCUT2D eigenvalue weighted by molar-refractivity contribution is 5.82. The second-order valence-electron chi connectivity index (χ2n) is 4.74. The number of aliphatic hydroxyl groups is 1. The molecule has 1 fully saturated rings. The van der Waals surface area contributed by atoms with Crippen LogP contribution in [0.1, 0.15) is 11.7 Å². The van der Waals surface area contributed by atoms with Crippen LogP contribution in [0.4, 0.5) is 0 Å². The summed E-state index contributed by atoms with van der Waals surface area (Å²) in [6.45, 7) is 3.05. The molecule has 108 valence electrons. The first-order chi connectivity index (χ1) is 9.75. The zero-order valence-corrected chi connectivity index (χ0v) is 11.1. The Balaban J connectivity index is 1.75. The third-order valence-corrected chi connectivity index (χ3v) is 3.44. The summed E-state index contributed by atoms with van der Waals surface area (Å²) in [4.78, 5) is 13.8. The first-order valence-corrected chi connectivity index (χ1v) is 6.70. The van der Waals surface area contributed by atoms with Crippen LogP contribution >= 0.6 is 0 Å². The van der Waals surface area contributed by atoms with E-state index in [1.54, 1.807) is 23.1 Å². The second-order valence-corrected chi connectivity index (χ2v) is 4.74. The van der Waals surface area contributed by atoms with E-state index in [9.17, 15) is 9.90 Å². The highest BCUT2D eigenvalue weighted by Crippen LogP contribution is 2.33. The molecule has 6 nitrogen and oxygen atoms in total. The van der Waals surface area contributed by atoms with Crippen LogP contribution in [-0.4, -0.2) is 55.4 Å². The summed E-state index contributed by atoms with van der Waals surface area (Å²) < 4.78 is 16.1. The molecule has 1 unspecified atom stereocenters. The molecule has 2 aliphatic heterocycles. The van der Waals surface area contributed by atoms with Crippen molar-refractivity contribution in [1.82, 2.24) is 4.90 Å². The number of fused-ring (bicyclic) bond motifs is 1. The van der Waals surface area contributed by atoms with E-state index in [-0.39, 0.29) is 5.91 Å². The van der Waals surface area contributed by atoms with Gasteiger partial charge in [0, 0.05) is 13.1 Å². The van der Waals surface area contributed by atoms with Gasteiger partial charge in [-0.15, -0.1) is 0 Å². The van der Waals surface area contributed by atoms with E-state index < -0.39 is 6.10 Å². The molecule has 2 heterocycles. The van der Waals surface area contributed by atoms with Crippen molar-refractivity contribution in [3.8, 4) is 11.5 Å². The fourth-order valence-corrected chi connectivity index (χ4v) is 2.33. The third-order valence-electron chi connectivity index (χ3n) is 3.44. The van der Waals surface area contributed by atoms with E-state index in [2.05, 4.69) is 0 Å². The molecule has 0 spiro atoms. The minimum atomic E-state index is -1.18. The Bertz CT molecular complexity index is 498. The van der Waals surface area contributed by atoms with Gasteiger partial charge in [0.05, 0.1) is 13.2 Å². The molecule has 20 heavy (non-hydrogen) atoms. The summed E-state index contributed by atoms with van der Waals surface area (Å²) in [5.41, 5.74) is 0.519. The van der Waals surface area contributed by atoms with Gasteiger partial charge in [-0.05, 0) is 17.7 Å². The van der Waals surface area contributed by atoms with Gasteiger partial charge in [0.25, 0.3) is 5.91 Å². The Morgan fingerprint density at radius 3 is 2.55 bits per heavy atom. The lowest BCUT2D eigenvalue weighted by Gasteiger charge is -2.29. The van der Waals surface area contributed by atoms with Crippen molar-refractivity contribution in [2.24, 2.45) is 0 Å². The molecule has 0 aliphatic carbocycles. The van der Waals surface area contributed by atoms with Crippen LogP contribution in [0.5, 0.6) is 11.5 Å². The summed E-state index contributed by atoms with van der Waals surface area (Å²) in [6, 6.07) is 5.08. The molecule has 0 saturated carbocycles. The lowest BCUT2D eigenvalue weighted by molar-refractivity contribution is -0.144. The lowest BCUT2D eigenvalue weighted by atomic mass is 10.1. The lowest BCUT2D eigenvalue weighted by Crippen LogP contribution is -2.43. The van der Waals surface area contributed by atoms with Crippen molar-refractivity contribution in [3.63, 3.8) is 0 Å². The number of carbonyl (C=O) groups excluding carboxylic acids is 1. The molecule has 1 N–H and O–H groups in total. The molecule has 1 saturated heterocycles. The van der Waals surface area contributed by atoms with Gasteiger partial charge in [0.15, 0.2) is 17.6 Å². The van der Waals surface area contributed by atoms with Gasteiger partial charge in [0.2, 0.25) is 0 Å². The number of carbonyl (C=O) groups is 1. The fraction of sp³-hybridized carbons (Fsp3) is 0.500.